The number of benzene rings is 2. The van der Waals surface area contributed by atoms with Gasteiger partial charge in [-0.1, -0.05) is 47.5 Å². The molecule has 0 radical (unpaired) electrons. The highest BCUT2D eigenvalue weighted by molar-refractivity contribution is 6.37. The molecule has 1 amide bonds. The molecule has 5 heteroatoms. The number of anilines is 1. The lowest BCUT2D eigenvalue weighted by atomic mass is 9.89. The Balaban J connectivity index is 2.21. The minimum Gasteiger partial charge on any atom is -0.398 e. The normalized spacial score (nSPS) is 17.5. The fourth-order valence-corrected chi connectivity index (χ4v) is 3.11. The van der Waals surface area contributed by atoms with Crippen LogP contribution in [0.1, 0.15) is 22.7 Å². The molecule has 1 heterocycles. The van der Waals surface area contributed by atoms with E-state index in [-0.39, 0.29) is 11.9 Å². The third-order valence-corrected chi connectivity index (χ3v) is 4.22. The van der Waals surface area contributed by atoms with Crippen molar-refractivity contribution in [1.29, 1.82) is 0 Å². The van der Waals surface area contributed by atoms with Crippen molar-refractivity contribution < 1.29 is 4.79 Å². The molecule has 3 rings (SSSR count). The summed E-state index contributed by atoms with van der Waals surface area (Å²) in [7, 11) is 0. The van der Waals surface area contributed by atoms with Crippen molar-refractivity contribution in [2.75, 3.05) is 5.73 Å². The van der Waals surface area contributed by atoms with Crippen LogP contribution in [0.5, 0.6) is 0 Å². The zero-order valence-electron chi connectivity index (χ0n) is 10.5. The van der Waals surface area contributed by atoms with Crippen LogP contribution in [0.4, 0.5) is 5.69 Å². The Hall–Kier alpha value is -1.71. The highest BCUT2D eigenvalue weighted by Crippen LogP contribution is 2.39. The molecule has 2 aromatic rings. The maximum Gasteiger partial charge on any atom is 0.225 e. The SMILES string of the molecule is Nc1ccc(Cl)c([C@@H]2NC(=O)Cc3ccccc32)c1Cl. The van der Waals surface area contributed by atoms with E-state index in [2.05, 4.69) is 5.32 Å². The number of nitrogens with two attached hydrogens (primary N) is 1. The molecule has 102 valence electrons. The van der Waals surface area contributed by atoms with Crippen molar-refractivity contribution in [2.45, 2.75) is 12.5 Å². The van der Waals surface area contributed by atoms with Gasteiger partial charge in [0.05, 0.1) is 23.2 Å². The number of carbonyl (C=O) groups is 1. The van der Waals surface area contributed by atoms with Crippen LogP contribution in [0.2, 0.25) is 10.0 Å². The minimum absolute atomic E-state index is 0.0525. The summed E-state index contributed by atoms with van der Waals surface area (Å²) >= 11 is 12.5. The third kappa shape index (κ3) is 2.13. The fourth-order valence-electron chi connectivity index (χ4n) is 2.52. The Morgan fingerprint density at radius 2 is 1.90 bits per heavy atom. The van der Waals surface area contributed by atoms with Gasteiger partial charge in [-0.2, -0.15) is 0 Å². The number of halogens is 2. The van der Waals surface area contributed by atoms with Crippen molar-refractivity contribution in [3.63, 3.8) is 0 Å². The first-order chi connectivity index (χ1) is 9.58. The molecule has 1 aliphatic rings. The van der Waals surface area contributed by atoms with E-state index in [0.29, 0.717) is 27.7 Å². The van der Waals surface area contributed by atoms with Crippen molar-refractivity contribution >= 4 is 34.8 Å². The molecule has 0 spiro atoms. The summed E-state index contributed by atoms with van der Waals surface area (Å²) in [5.74, 6) is -0.0525. The Morgan fingerprint density at radius 3 is 2.70 bits per heavy atom. The van der Waals surface area contributed by atoms with Gasteiger partial charge in [-0.15, -0.1) is 0 Å². The van der Waals surface area contributed by atoms with Gasteiger partial charge in [0.1, 0.15) is 0 Å². The van der Waals surface area contributed by atoms with Crippen LogP contribution in [0.15, 0.2) is 36.4 Å². The van der Waals surface area contributed by atoms with Crippen molar-refractivity contribution in [1.82, 2.24) is 5.32 Å². The summed E-state index contributed by atoms with van der Waals surface area (Å²) in [6.45, 7) is 0. The average molecular weight is 307 g/mol. The first-order valence-electron chi connectivity index (χ1n) is 6.18. The topological polar surface area (TPSA) is 55.1 Å². The molecule has 3 N–H and O–H groups in total. The van der Waals surface area contributed by atoms with E-state index in [4.69, 9.17) is 28.9 Å². The van der Waals surface area contributed by atoms with E-state index in [9.17, 15) is 4.79 Å². The molecule has 0 aromatic heterocycles. The lowest BCUT2D eigenvalue weighted by Crippen LogP contribution is -2.36. The molecule has 0 saturated carbocycles. The van der Waals surface area contributed by atoms with Crippen molar-refractivity contribution in [2.24, 2.45) is 0 Å². The first kappa shape index (κ1) is 13.3. The summed E-state index contributed by atoms with van der Waals surface area (Å²) in [5, 5.41) is 3.81. The molecule has 0 saturated heterocycles. The van der Waals surface area contributed by atoms with Crippen LogP contribution in [0.3, 0.4) is 0 Å². The standard InChI is InChI=1S/C15H12Cl2N2O/c16-10-5-6-11(18)14(17)13(10)15-9-4-2-1-3-8(9)7-12(20)19-15/h1-6,15H,7,18H2,(H,19,20)/t15-/m1/s1. The number of nitrogens with one attached hydrogen (secondary N) is 1. The van der Waals surface area contributed by atoms with Gasteiger partial charge >= 0.3 is 0 Å². The maximum absolute atomic E-state index is 11.9. The molecule has 0 bridgehead atoms. The van der Waals surface area contributed by atoms with Gasteiger partial charge < -0.3 is 11.1 Å². The summed E-state index contributed by atoms with van der Waals surface area (Å²) in [6, 6.07) is 10.7. The highest BCUT2D eigenvalue weighted by Gasteiger charge is 2.29. The van der Waals surface area contributed by atoms with E-state index < -0.39 is 0 Å². The molecule has 1 atom stereocenters. The van der Waals surface area contributed by atoms with Gasteiger partial charge in [-0.25, -0.2) is 0 Å². The summed E-state index contributed by atoms with van der Waals surface area (Å²) in [4.78, 5) is 11.9. The van der Waals surface area contributed by atoms with Crippen LogP contribution in [0.25, 0.3) is 0 Å². The van der Waals surface area contributed by atoms with Crippen molar-refractivity contribution in [3.05, 3.63) is 63.1 Å². The molecule has 20 heavy (non-hydrogen) atoms. The van der Waals surface area contributed by atoms with Crippen LogP contribution in [-0.4, -0.2) is 5.91 Å². The molecule has 0 fully saturated rings. The van der Waals surface area contributed by atoms with Crippen molar-refractivity contribution in [3.8, 4) is 0 Å². The van der Waals surface area contributed by atoms with Gasteiger partial charge in [0.15, 0.2) is 0 Å². The average Bonchev–Trinajstić information content (AvgIpc) is 2.43. The second-order valence-corrected chi connectivity index (χ2v) is 5.53. The van der Waals surface area contributed by atoms with Gasteiger partial charge in [-0.05, 0) is 23.3 Å². The number of carbonyl (C=O) groups excluding carboxylic acids is 1. The second-order valence-electron chi connectivity index (χ2n) is 4.74. The Kier molecular flexibility index (Phi) is 3.32. The molecule has 3 nitrogen and oxygen atoms in total. The van der Waals surface area contributed by atoms with E-state index in [1.807, 2.05) is 24.3 Å². The first-order valence-corrected chi connectivity index (χ1v) is 6.94. The Labute approximate surface area is 126 Å². The maximum atomic E-state index is 11.9. The smallest absolute Gasteiger partial charge is 0.225 e. The van der Waals surface area contributed by atoms with Crippen LogP contribution >= 0.6 is 23.2 Å². The quantitative estimate of drug-likeness (QED) is 0.794. The zero-order valence-corrected chi connectivity index (χ0v) is 12.0. The monoisotopic (exact) mass is 306 g/mol. The minimum atomic E-state index is -0.365. The van der Waals surface area contributed by atoms with Crippen LogP contribution in [-0.2, 0) is 11.2 Å². The number of rotatable bonds is 1. The second kappa shape index (κ2) is 5.00. The summed E-state index contributed by atoms with van der Waals surface area (Å²) in [5.41, 5.74) is 8.93. The lowest BCUT2D eigenvalue weighted by Gasteiger charge is -2.28. The predicted molar refractivity (Wildman–Crippen MR) is 81.0 cm³/mol. The molecular formula is C15H12Cl2N2O. The summed E-state index contributed by atoms with van der Waals surface area (Å²) in [6.07, 6.45) is 0.365. The zero-order chi connectivity index (χ0) is 14.3. The van der Waals surface area contributed by atoms with E-state index in [0.717, 1.165) is 11.1 Å². The number of nitrogen functional groups attached to an aromatic ring is 1. The number of amides is 1. The Morgan fingerprint density at radius 1 is 1.15 bits per heavy atom. The predicted octanol–water partition coefficient (Wildman–Crippen LogP) is 3.34. The fraction of sp³-hybridized carbons (Fsp3) is 0.133. The third-order valence-electron chi connectivity index (χ3n) is 3.47. The van der Waals surface area contributed by atoms with Gasteiger partial charge in [-0.3, -0.25) is 4.79 Å². The number of fused-ring (bicyclic) bond motifs is 1. The van der Waals surface area contributed by atoms with E-state index in [1.54, 1.807) is 12.1 Å². The molecule has 1 aliphatic heterocycles. The molecule has 0 unspecified atom stereocenters. The lowest BCUT2D eigenvalue weighted by molar-refractivity contribution is -0.121. The van der Waals surface area contributed by atoms with Gasteiger partial charge in [0, 0.05) is 10.6 Å². The largest absolute Gasteiger partial charge is 0.398 e. The van der Waals surface area contributed by atoms with E-state index in [1.165, 1.54) is 0 Å². The van der Waals surface area contributed by atoms with Gasteiger partial charge in [0.2, 0.25) is 5.91 Å². The van der Waals surface area contributed by atoms with Crippen LogP contribution < -0.4 is 11.1 Å². The van der Waals surface area contributed by atoms with E-state index >= 15 is 0 Å². The number of hydrogen-bond acceptors (Lipinski definition) is 2. The highest BCUT2D eigenvalue weighted by atomic mass is 35.5. The molecule has 2 aromatic carbocycles. The molecule has 0 aliphatic carbocycles. The summed E-state index contributed by atoms with van der Waals surface area (Å²) < 4.78 is 0. The van der Waals surface area contributed by atoms with Crippen LogP contribution in [0, 0.1) is 0 Å². The number of hydrogen-bond donors (Lipinski definition) is 2. The molecular weight excluding hydrogens is 295 g/mol. The Bertz CT molecular complexity index is 700. The van der Waals surface area contributed by atoms with Gasteiger partial charge in [0.25, 0.3) is 0 Å².